The number of carbonyl (C=O) groups excluding carboxylic acids is 2. The van der Waals surface area contributed by atoms with E-state index in [1.54, 1.807) is 6.07 Å². The van der Waals surface area contributed by atoms with Crippen molar-refractivity contribution in [3.05, 3.63) is 94.1 Å². The van der Waals surface area contributed by atoms with Crippen LogP contribution in [0.25, 0.3) is 16.0 Å². The van der Waals surface area contributed by atoms with Crippen molar-refractivity contribution >= 4 is 44.1 Å². The maximum absolute atomic E-state index is 13.6. The molecule has 6 nitrogen and oxygen atoms in total. The number of thiazole rings is 1. The van der Waals surface area contributed by atoms with Crippen LogP contribution in [0.3, 0.4) is 0 Å². The molecule has 0 unspecified atom stereocenters. The summed E-state index contributed by atoms with van der Waals surface area (Å²) < 4.78 is 6.74. The molecule has 1 amide bonds. The lowest BCUT2D eigenvalue weighted by molar-refractivity contribution is -0.132. The highest BCUT2D eigenvalue weighted by atomic mass is 32.1. The Labute approximate surface area is 225 Å². The normalized spacial score (nSPS) is 20.4. The van der Waals surface area contributed by atoms with E-state index in [2.05, 4.69) is 13.8 Å². The topological polar surface area (TPSA) is 79.7 Å². The predicted molar refractivity (Wildman–Crippen MR) is 150 cm³/mol. The summed E-state index contributed by atoms with van der Waals surface area (Å²) in [5.74, 6) is -0.499. The number of benzene rings is 3. The molecule has 6 rings (SSSR count). The smallest absolute Gasteiger partial charge is 0.301 e. The van der Waals surface area contributed by atoms with Gasteiger partial charge in [0.15, 0.2) is 5.13 Å². The predicted octanol–water partition coefficient (Wildman–Crippen LogP) is 6.68. The van der Waals surface area contributed by atoms with E-state index in [1.807, 2.05) is 68.4 Å². The van der Waals surface area contributed by atoms with Gasteiger partial charge in [0.25, 0.3) is 5.78 Å². The number of nitrogens with zero attached hydrogens (tertiary/aromatic N) is 2. The molecule has 2 aliphatic heterocycles. The van der Waals surface area contributed by atoms with E-state index in [0.717, 1.165) is 44.6 Å². The summed E-state index contributed by atoms with van der Waals surface area (Å²) in [5.41, 5.74) is 5.26. The molecule has 3 aromatic carbocycles. The minimum Gasteiger partial charge on any atom is -0.507 e. The van der Waals surface area contributed by atoms with Crippen LogP contribution >= 0.6 is 11.3 Å². The molecule has 0 spiro atoms. The largest absolute Gasteiger partial charge is 0.507 e. The first-order valence-electron chi connectivity index (χ1n) is 12.8. The van der Waals surface area contributed by atoms with Gasteiger partial charge in [0.2, 0.25) is 0 Å². The van der Waals surface area contributed by atoms with Crippen LogP contribution in [0.15, 0.2) is 66.2 Å². The lowest BCUT2D eigenvalue weighted by Gasteiger charge is -2.23. The fraction of sp³-hybridized carbons (Fsp3) is 0.258. The van der Waals surface area contributed by atoms with E-state index in [9.17, 15) is 14.7 Å². The Morgan fingerprint density at radius 1 is 1.08 bits per heavy atom. The molecule has 0 aliphatic carbocycles. The van der Waals surface area contributed by atoms with Crippen LogP contribution in [0.1, 0.15) is 60.5 Å². The highest BCUT2D eigenvalue weighted by Gasteiger charge is 2.48. The Morgan fingerprint density at radius 2 is 1.84 bits per heavy atom. The van der Waals surface area contributed by atoms with Crippen LogP contribution in [0, 0.1) is 6.92 Å². The van der Waals surface area contributed by atoms with E-state index < -0.39 is 17.7 Å². The zero-order valence-corrected chi connectivity index (χ0v) is 22.5. The Hall–Kier alpha value is -3.97. The molecule has 1 saturated heterocycles. The van der Waals surface area contributed by atoms with Crippen LogP contribution < -0.4 is 9.64 Å². The molecular weight excluding hydrogens is 496 g/mol. The lowest BCUT2D eigenvalue weighted by atomic mass is 9.93. The average molecular weight is 525 g/mol. The highest BCUT2D eigenvalue weighted by Crippen LogP contribution is 2.45. The number of hydrogen-bond donors (Lipinski definition) is 1. The molecule has 38 heavy (non-hydrogen) atoms. The molecule has 1 fully saturated rings. The zero-order chi connectivity index (χ0) is 26.7. The number of aromatic nitrogens is 1. The molecule has 1 aromatic heterocycles. The summed E-state index contributed by atoms with van der Waals surface area (Å²) >= 11 is 1.37. The maximum Gasteiger partial charge on any atom is 0.301 e. The number of aliphatic hydroxyl groups is 1. The number of anilines is 1. The Kier molecular flexibility index (Phi) is 5.83. The summed E-state index contributed by atoms with van der Waals surface area (Å²) in [6.45, 7) is 8.22. The van der Waals surface area contributed by atoms with Gasteiger partial charge >= 0.3 is 5.91 Å². The third-order valence-electron chi connectivity index (χ3n) is 7.27. The second kappa shape index (κ2) is 9.10. The molecule has 0 bridgehead atoms. The second-order valence-corrected chi connectivity index (χ2v) is 11.4. The first-order valence-corrected chi connectivity index (χ1v) is 13.6. The molecule has 1 N–H and O–H groups in total. The summed E-state index contributed by atoms with van der Waals surface area (Å²) in [5, 5.41) is 12.0. The second-order valence-electron chi connectivity index (χ2n) is 10.4. The number of carbonyl (C=O) groups is 2. The van der Waals surface area contributed by atoms with Gasteiger partial charge in [-0.15, -0.1) is 0 Å². The highest BCUT2D eigenvalue weighted by molar-refractivity contribution is 7.22. The van der Waals surface area contributed by atoms with Crippen molar-refractivity contribution in [2.75, 3.05) is 4.90 Å². The molecule has 0 saturated carbocycles. The summed E-state index contributed by atoms with van der Waals surface area (Å²) in [7, 11) is 0. The number of hydrogen-bond acceptors (Lipinski definition) is 6. The van der Waals surface area contributed by atoms with Gasteiger partial charge in [-0.1, -0.05) is 55.5 Å². The number of aryl methyl sites for hydroxylation is 1. The van der Waals surface area contributed by atoms with Crippen LogP contribution in [0.2, 0.25) is 0 Å². The van der Waals surface area contributed by atoms with Gasteiger partial charge in [0.05, 0.1) is 21.8 Å². The molecule has 2 atom stereocenters. The molecule has 7 heteroatoms. The number of aliphatic hydroxyl groups excluding tert-OH is 1. The van der Waals surface area contributed by atoms with Crippen molar-refractivity contribution in [2.45, 2.75) is 52.2 Å². The van der Waals surface area contributed by atoms with Crippen LogP contribution in [-0.2, 0) is 16.0 Å². The van der Waals surface area contributed by atoms with Gasteiger partial charge < -0.3 is 9.84 Å². The van der Waals surface area contributed by atoms with Gasteiger partial charge in [0.1, 0.15) is 17.6 Å². The first kappa shape index (κ1) is 24.4. The molecular formula is C31H28N2O4S. The monoisotopic (exact) mass is 524 g/mol. The van der Waals surface area contributed by atoms with E-state index >= 15 is 0 Å². The van der Waals surface area contributed by atoms with Crippen molar-refractivity contribution in [1.82, 2.24) is 4.98 Å². The van der Waals surface area contributed by atoms with Gasteiger partial charge in [0, 0.05) is 12.0 Å². The Morgan fingerprint density at radius 3 is 2.58 bits per heavy atom. The van der Waals surface area contributed by atoms with Gasteiger partial charge in [-0.2, -0.15) is 0 Å². The van der Waals surface area contributed by atoms with Crippen LogP contribution in [0.5, 0.6) is 5.75 Å². The van der Waals surface area contributed by atoms with Gasteiger partial charge in [-0.05, 0) is 72.4 Å². The summed E-state index contributed by atoms with van der Waals surface area (Å²) in [4.78, 5) is 33.3. The maximum atomic E-state index is 13.6. The fourth-order valence-corrected chi connectivity index (χ4v) is 6.35. The lowest BCUT2D eigenvalue weighted by Crippen LogP contribution is -2.29. The third kappa shape index (κ3) is 3.98. The van der Waals surface area contributed by atoms with E-state index in [0.29, 0.717) is 16.6 Å². The number of rotatable bonds is 4. The number of ether oxygens (including phenoxy) is 1. The number of fused-ring (bicyclic) bond motifs is 2. The number of ketones is 1. The first-order chi connectivity index (χ1) is 18.2. The van der Waals surface area contributed by atoms with Gasteiger partial charge in [-0.25, -0.2) is 4.98 Å². The minimum absolute atomic E-state index is 0.0510. The standard InChI is InChI=1S/C31H28N2O4S/c1-16(2)19-6-8-20(9-7-19)27-26(28(34)21-10-12-24-22(15-21)14-18(4)37-24)29(35)30(36)33(27)31-32-23-11-5-17(3)13-25(23)38-31/h5-13,15-16,18,27,34H,14H2,1-4H3/t18-,27-/m0/s1. The SMILES string of the molecule is Cc1ccc2nc(N3C(=O)C(=O)C(=C(O)c4ccc5c(c4)C[C@H](C)O5)[C@@H]3c3ccc(C(C)C)cc3)sc2c1. The van der Waals surface area contributed by atoms with Crippen molar-refractivity contribution in [3.8, 4) is 5.75 Å². The summed E-state index contributed by atoms with van der Waals surface area (Å²) in [6, 6.07) is 18.4. The summed E-state index contributed by atoms with van der Waals surface area (Å²) in [6.07, 6.45) is 0.769. The molecule has 2 aliphatic rings. The fourth-order valence-electron chi connectivity index (χ4n) is 5.26. The van der Waals surface area contributed by atoms with Crippen LogP contribution in [0.4, 0.5) is 5.13 Å². The van der Waals surface area contributed by atoms with Crippen molar-refractivity contribution in [1.29, 1.82) is 0 Å². The van der Waals surface area contributed by atoms with Crippen LogP contribution in [-0.4, -0.2) is 27.9 Å². The Balaban J connectivity index is 1.53. The van der Waals surface area contributed by atoms with Crippen molar-refractivity contribution in [3.63, 3.8) is 0 Å². The minimum atomic E-state index is -0.804. The molecule has 192 valence electrons. The number of amides is 1. The molecule has 0 radical (unpaired) electrons. The quantitative estimate of drug-likeness (QED) is 0.183. The van der Waals surface area contributed by atoms with E-state index in [4.69, 9.17) is 9.72 Å². The third-order valence-corrected chi connectivity index (χ3v) is 8.29. The molecule has 4 aromatic rings. The van der Waals surface area contributed by atoms with Crippen molar-refractivity contribution < 1.29 is 19.4 Å². The zero-order valence-electron chi connectivity index (χ0n) is 21.7. The number of Topliss-reactive ketones (excluding diaryl/α,β-unsaturated/α-hetero) is 1. The Bertz CT molecular complexity index is 1630. The van der Waals surface area contributed by atoms with E-state index in [1.165, 1.54) is 16.2 Å². The van der Waals surface area contributed by atoms with E-state index in [-0.39, 0.29) is 17.4 Å². The average Bonchev–Trinajstić information content (AvgIpc) is 3.55. The molecule has 3 heterocycles. The van der Waals surface area contributed by atoms with Gasteiger partial charge in [-0.3, -0.25) is 14.5 Å². The van der Waals surface area contributed by atoms with Crippen molar-refractivity contribution in [2.24, 2.45) is 0 Å².